The smallest absolute Gasteiger partial charge is 0.271 e. The van der Waals surface area contributed by atoms with Crippen LogP contribution in [0.2, 0.25) is 0 Å². The van der Waals surface area contributed by atoms with Gasteiger partial charge in [0, 0.05) is 17.0 Å². The number of amides is 1. The minimum atomic E-state index is -0.122. The molecule has 1 saturated carbocycles. The fourth-order valence-electron chi connectivity index (χ4n) is 3.29. The topological polar surface area (TPSA) is 86.5 Å². The van der Waals surface area contributed by atoms with Gasteiger partial charge in [-0.25, -0.2) is 4.98 Å². The van der Waals surface area contributed by atoms with Crippen LogP contribution in [0.15, 0.2) is 23.6 Å². The molecule has 0 bridgehead atoms. The van der Waals surface area contributed by atoms with E-state index < -0.39 is 0 Å². The van der Waals surface area contributed by atoms with Gasteiger partial charge in [0.2, 0.25) is 6.79 Å². The molecular weight excluding hydrogens is 397 g/mol. The second-order valence-electron chi connectivity index (χ2n) is 6.11. The molecule has 2 aromatic rings. The molecule has 4 rings (SSSR count). The van der Waals surface area contributed by atoms with Gasteiger partial charge >= 0.3 is 0 Å². The molecule has 1 aliphatic heterocycles. The second kappa shape index (κ2) is 8.90. The number of fused-ring (bicyclic) bond motifs is 1. The van der Waals surface area contributed by atoms with Crippen LogP contribution in [0.4, 0.5) is 0 Å². The molecule has 1 amide bonds. The van der Waals surface area contributed by atoms with Crippen molar-refractivity contribution >= 4 is 42.1 Å². The van der Waals surface area contributed by atoms with Gasteiger partial charge in [0.05, 0.1) is 0 Å². The number of rotatable bonds is 4. The van der Waals surface area contributed by atoms with E-state index in [2.05, 4.69) is 10.3 Å². The highest BCUT2D eigenvalue weighted by Gasteiger charge is 2.28. The van der Waals surface area contributed by atoms with Gasteiger partial charge in [-0.1, -0.05) is 6.42 Å². The molecule has 2 heterocycles. The third-order valence-corrected chi connectivity index (χ3v) is 5.53. The highest BCUT2D eigenvalue weighted by molar-refractivity contribution is 7.13. The standard InChI is InChI=1S/C17H19N3O3S.2ClH/c18-7-11-2-1-3-12(11)19-16(21)13-8-24-17(20-13)10-4-5-14-15(6-10)23-9-22-14;;/h4-6,8,11-12H,1-3,7,9,18H2,(H,19,21);2*1H. The van der Waals surface area contributed by atoms with Gasteiger partial charge in [-0.15, -0.1) is 36.2 Å². The number of nitrogens with zero attached hydrogens (tertiary/aromatic N) is 1. The van der Waals surface area contributed by atoms with Crippen molar-refractivity contribution in [3.63, 3.8) is 0 Å². The SMILES string of the molecule is Cl.Cl.NCC1CCCC1NC(=O)c1csc(-c2ccc3c(c2)OCO3)n1. The number of ether oxygens (including phenoxy) is 2. The third-order valence-electron chi connectivity index (χ3n) is 4.63. The molecule has 142 valence electrons. The van der Waals surface area contributed by atoms with Crippen molar-refractivity contribution in [1.82, 2.24) is 10.3 Å². The fourth-order valence-corrected chi connectivity index (χ4v) is 4.09. The molecule has 1 aromatic carbocycles. The Labute approximate surface area is 168 Å². The maximum Gasteiger partial charge on any atom is 0.271 e. The minimum absolute atomic E-state index is 0. The Morgan fingerprint density at radius 1 is 1.27 bits per heavy atom. The van der Waals surface area contributed by atoms with Gasteiger partial charge in [0.1, 0.15) is 10.7 Å². The molecule has 1 fully saturated rings. The zero-order chi connectivity index (χ0) is 16.5. The van der Waals surface area contributed by atoms with Crippen LogP contribution >= 0.6 is 36.2 Å². The lowest BCUT2D eigenvalue weighted by Crippen LogP contribution is -2.40. The highest BCUT2D eigenvalue weighted by atomic mass is 35.5. The number of halogens is 2. The average molecular weight is 418 g/mol. The Hall–Kier alpha value is -1.54. The van der Waals surface area contributed by atoms with Gasteiger partial charge in [-0.3, -0.25) is 4.79 Å². The molecule has 3 N–H and O–H groups in total. The summed E-state index contributed by atoms with van der Waals surface area (Å²) >= 11 is 1.45. The van der Waals surface area contributed by atoms with Crippen LogP contribution < -0.4 is 20.5 Å². The van der Waals surface area contributed by atoms with Crippen LogP contribution in [0.5, 0.6) is 11.5 Å². The maximum atomic E-state index is 12.4. The quantitative estimate of drug-likeness (QED) is 0.796. The lowest BCUT2D eigenvalue weighted by Gasteiger charge is -2.18. The van der Waals surface area contributed by atoms with E-state index in [1.165, 1.54) is 11.3 Å². The van der Waals surface area contributed by atoms with Gasteiger partial charge in [-0.05, 0) is 43.5 Å². The summed E-state index contributed by atoms with van der Waals surface area (Å²) in [6.07, 6.45) is 3.19. The molecule has 1 aromatic heterocycles. The molecule has 0 saturated heterocycles. The summed E-state index contributed by atoms with van der Waals surface area (Å²) in [6, 6.07) is 5.85. The summed E-state index contributed by atoms with van der Waals surface area (Å²) in [5.74, 6) is 1.71. The molecule has 2 unspecified atom stereocenters. The van der Waals surface area contributed by atoms with Crippen LogP contribution in [0, 0.1) is 5.92 Å². The Morgan fingerprint density at radius 2 is 2.08 bits per heavy atom. The van der Waals surface area contributed by atoms with E-state index in [1.807, 2.05) is 18.2 Å². The van der Waals surface area contributed by atoms with E-state index in [0.717, 1.165) is 35.6 Å². The lowest BCUT2D eigenvalue weighted by atomic mass is 10.0. The van der Waals surface area contributed by atoms with Crippen LogP contribution in [0.25, 0.3) is 10.6 Å². The predicted octanol–water partition coefficient (Wildman–Crippen LogP) is 3.24. The Kier molecular flexibility index (Phi) is 7.11. The fraction of sp³-hybridized carbons (Fsp3) is 0.412. The number of benzene rings is 1. The van der Waals surface area contributed by atoms with Crippen LogP contribution in [0.3, 0.4) is 0 Å². The van der Waals surface area contributed by atoms with Gasteiger partial charge < -0.3 is 20.5 Å². The molecule has 1 aliphatic carbocycles. The third kappa shape index (κ3) is 4.06. The van der Waals surface area contributed by atoms with Crippen molar-refractivity contribution in [2.24, 2.45) is 11.7 Å². The predicted molar refractivity (Wildman–Crippen MR) is 106 cm³/mol. The number of nitrogens with one attached hydrogen (secondary N) is 1. The minimum Gasteiger partial charge on any atom is -0.454 e. The first-order valence-electron chi connectivity index (χ1n) is 8.11. The second-order valence-corrected chi connectivity index (χ2v) is 6.97. The molecule has 0 spiro atoms. The van der Waals surface area contributed by atoms with E-state index in [4.69, 9.17) is 15.2 Å². The largest absolute Gasteiger partial charge is 0.454 e. The van der Waals surface area contributed by atoms with E-state index in [1.54, 1.807) is 5.38 Å². The van der Waals surface area contributed by atoms with Crippen molar-refractivity contribution in [2.75, 3.05) is 13.3 Å². The number of aromatic nitrogens is 1. The number of hydrogen-bond donors (Lipinski definition) is 2. The van der Waals surface area contributed by atoms with Gasteiger partial charge in [0.15, 0.2) is 11.5 Å². The molecular formula is C17H21Cl2N3O3S. The van der Waals surface area contributed by atoms with E-state index in [-0.39, 0.29) is 43.6 Å². The summed E-state index contributed by atoms with van der Waals surface area (Å²) < 4.78 is 10.7. The van der Waals surface area contributed by atoms with Crippen molar-refractivity contribution in [1.29, 1.82) is 0 Å². The van der Waals surface area contributed by atoms with Gasteiger partial charge in [0.25, 0.3) is 5.91 Å². The maximum absolute atomic E-state index is 12.4. The number of thiazole rings is 1. The van der Waals surface area contributed by atoms with Crippen molar-refractivity contribution < 1.29 is 14.3 Å². The summed E-state index contributed by atoms with van der Waals surface area (Å²) in [5.41, 5.74) is 7.15. The van der Waals surface area contributed by atoms with Gasteiger partial charge in [-0.2, -0.15) is 0 Å². The summed E-state index contributed by atoms with van der Waals surface area (Å²) in [7, 11) is 0. The molecule has 0 radical (unpaired) electrons. The zero-order valence-electron chi connectivity index (χ0n) is 14.0. The normalized spacial score (nSPS) is 20.2. The van der Waals surface area contributed by atoms with Crippen molar-refractivity contribution in [2.45, 2.75) is 25.3 Å². The molecule has 2 atom stereocenters. The summed E-state index contributed by atoms with van der Waals surface area (Å²) in [5, 5.41) is 5.67. The first-order valence-corrected chi connectivity index (χ1v) is 8.99. The van der Waals surface area contributed by atoms with E-state index >= 15 is 0 Å². The molecule has 9 heteroatoms. The summed E-state index contributed by atoms with van der Waals surface area (Å²) in [4.78, 5) is 16.9. The van der Waals surface area contributed by atoms with Crippen molar-refractivity contribution in [3.05, 3.63) is 29.3 Å². The first kappa shape index (κ1) is 20.8. The number of nitrogens with two attached hydrogens (primary N) is 1. The van der Waals surface area contributed by atoms with E-state index in [9.17, 15) is 4.79 Å². The summed E-state index contributed by atoms with van der Waals surface area (Å²) in [6.45, 7) is 0.860. The molecule has 26 heavy (non-hydrogen) atoms. The monoisotopic (exact) mass is 417 g/mol. The van der Waals surface area contributed by atoms with Crippen LogP contribution in [-0.4, -0.2) is 30.3 Å². The number of hydrogen-bond acceptors (Lipinski definition) is 6. The lowest BCUT2D eigenvalue weighted by molar-refractivity contribution is 0.0924. The highest BCUT2D eigenvalue weighted by Crippen LogP contribution is 2.36. The van der Waals surface area contributed by atoms with Crippen LogP contribution in [0.1, 0.15) is 29.8 Å². The zero-order valence-corrected chi connectivity index (χ0v) is 16.4. The Bertz CT molecular complexity index is 771. The van der Waals surface area contributed by atoms with Crippen molar-refractivity contribution in [3.8, 4) is 22.1 Å². The first-order chi connectivity index (χ1) is 11.7. The molecule has 6 nitrogen and oxygen atoms in total. The van der Waals surface area contributed by atoms with E-state index in [0.29, 0.717) is 23.9 Å². The Morgan fingerprint density at radius 3 is 2.88 bits per heavy atom. The van der Waals surface area contributed by atoms with Crippen LogP contribution in [-0.2, 0) is 0 Å². The average Bonchev–Trinajstić information content (AvgIpc) is 3.33. The Balaban J connectivity index is 0.00000121. The molecule has 2 aliphatic rings. The number of carbonyl (C=O) groups is 1. The number of carbonyl (C=O) groups excluding carboxylic acids is 1.